The third kappa shape index (κ3) is 2.80. The van der Waals surface area contributed by atoms with E-state index in [0.29, 0.717) is 17.0 Å². The summed E-state index contributed by atoms with van der Waals surface area (Å²) in [5.41, 5.74) is 2.08. The number of nitrogens with zero attached hydrogens (tertiary/aromatic N) is 1. The molecule has 1 aromatic carbocycles. The fourth-order valence-electron chi connectivity index (χ4n) is 1.23. The molecule has 0 spiro atoms. The van der Waals surface area contributed by atoms with E-state index in [1.165, 1.54) is 6.92 Å². The average molecular weight is 287 g/mol. The molecule has 0 bridgehead atoms. The molecule has 0 N–H and O–H groups in total. The molecule has 0 amide bonds. The van der Waals surface area contributed by atoms with Crippen LogP contribution in [0.15, 0.2) is 18.2 Å². The van der Waals surface area contributed by atoms with Gasteiger partial charge in [0.15, 0.2) is 0 Å². The van der Waals surface area contributed by atoms with Crippen LogP contribution in [0.2, 0.25) is 0 Å². The van der Waals surface area contributed by atoms with Gasteiger partial charge in [0.25, 0.3) is 0 Å². The van der Waals surface area contributed by atoms with Crippen LogP contribution in [-0.2, 0) is 10.7 Å². The van der Waals surface area contributed by atoms with Gasteiger partial charge < -0.3 is 0 Å². The Morgan fingerprint density at radius 3 is 2.80 bits per heavy atom. The molecular formula is C11H9BrClNO. The van der Waals surface area contributed by atoms with Crippen molar-refractivity contribution in [3.8, 4) is 6.07 Å². The highest BCUT2D eigenvalue weighted by atomic mass is 79.9. The van der Waals surface area contributed by atoms with Crippen LogP contribution in [0.3, 0.4) is 0 Å². The second kappa shape index (κ2) is 5.29. The highest BCUT2D eigenvalue weighted by molar-refractivity contribution is 9.09. The Kier molecular flexibility index (Phi) is 4.31. The highest BCUT2D eigenvalue weighted by Gasteiger charge is 2.16. The van der Waals surface area contributed by atoms with Gasteiger partial charge in [-0.3, -0.25) is 4.79 Å². The minimum absolute atomic E-state index is 0.0294. The molecular weight excluding hydrogens is 277 g/mol. The van der Waals surface area contributed by atoms with Crippen LogP contribution in [-0.4, -0.2) is 5.78 Å². The van der Waals surface area contributed by atoms with Gasteiger partial charge in [0.05, 0.1) is 16.5 Å². The number of hydrogen-bond acceptors (Lipinski definition) is 2. The Bertz CT molecular complexity index is 425. The monoisotopic (exact) mass is 285 g/mol. The second-order valence-corrected chi connectivity index (χ2v) is 4.32. The highest BCUT2D eigenvalue weighted by Crippen LogP contribution is 2.28. The van der Waals surface area contributed by atoms with Gasteiger partial charge in [-0.15, -0.1) is 11.6 Å². The predicted octanol–water partition coefficient (Wildman–Crippen LogP) is 3.32. The van der Waals surface area contributed by atoms with E-state index < -0.39 is 4.83 Å². The molecule has 0 aromatic heterocycles. The summed E-state index contributed by atoms with van der Waals surface area (Å²) >= 11 is 8.96. The minimum Gasteiger partial charge on any atom is -0.298 e. The number of ketones is 1. The van der Waals surface area contributed by atoms with Crippen molar-refractivity contribution in [2.45, 2.75) is 17.6 Å². The summed E-state index contributed by atoms with van der Waals surface area (Å²) < 4.78 is 0. The Hall–Kier alpha value is -0.850. The number of halogens is 2. The van der Waals surface area contributed by atoms with E-state index in [2.05, 4.69) is 22.0 Å². The van der Waals surface area contributed by atoms with Crippen LogP contribution in [0.4, 0.5) is 0 Å². The third-order valence-electron chi connectivity index (χ3n) is 2.02. The Morgan fingerprint density at radius 1 is 1.67 bits per heavy atom. The fourth-order valence-corrected chi connectivity index (χ4v) is 1.77. The van der Waals surface area contributed by atoms with Crippen LogP contribution in [0.1, 0.15) is 28.4 Å². The van der Waals surface area contributed by atoms with Gasteiger partial charge in [0.2, 0.25) is 0 Å². The second-order valence-electron chi connectivity index (χ2n) is 3.14. The summed E-state index contributed by atoms with van der Waals surface area (Å²) in [6.45, 7) is 1.48. The smallest absolute Gasteiger partial charge is 0.147 e. The van der Waals surface area contributed by atoms with E-state index in [0.717, 1.165) is 5.56 Å². The number of rotatable bonds is 3. The maximum atomic E-state index is 11.2. The standard InChI is InChI=1S/C11H9BrClNO/c1-7(15)11(12)10-4-8(5-13)2-3-9(10)6-14/h2-4,11H,5H2,1H3. The molecule has 1 atom stereocenters. The lowest BCUT2D eigenvalue weighted by Crippen LogP contribution is -2.04. The van der Waals surface area contributed by atoms with E-state index in [4.69, 9.17) is 16.9 Å². The van der Waals surface area contributed by atoms with E-state index in [1.54, 1.807) is 18.2 Å². The summed E-state index contributed by atoms with van der Waals surface area (Å²) in [6.07, 6.45) is 0. The minimum atomic E-state index is -0.435. The number of alkyl halides is 2. The molecule has 2 nitrogen and oxygen atoms in total. The Morgan fingerprint density at radius 2 is 2.33 bits per heavy atom. The van der Waals surface area contributed by atoms with Gasteiger partial charge >= 0.3 is 0 Å². The first-order valence-electron chi connectivity index (χ1n) is 4.33. The molecule has 1 aromatic rings. The first-order valence-corrected chi connectivity index (χ1v) is 5.78. The van der Waals surface area contributed by atoms with Gasteiger partial charge in [-0.05, 0) is 24.1 Å². The molecule has 0 fully saturated rings. The van der Waals surface area contributed by atoms with Crippen LogP contribution < -0.4 is 0 Å². The Labute approximate surface area is 102 Å². The van der Waals surface area contributed by atoms with Crippen LogP contribution in [0, 0.1) is 11.3 Å². The fraction of sp³-hybridized carbons (Fsp3) is 0.273. The quantitative estimate of drug-likeness (QED) is 0.800. The molecule has 0 aliphatic heterocycles. The molecule has 0 aliphatic rings. The molecule has 78 valence electrons. The lowest BCUT2D eigenvalue weighted by atomic mass is 10.0. The Balaban J connectivity index is 3.24. The van der Waals surface area contributed by atoms with Crippen LogP contribution in [0.25, 0.3) is 0 Å². The van der Waals surface area contributed by atoms with Crippen molar-refractivity contribution >= 4 is 33.3 Å². The molecule has 1 unspecified atom stereocenters. The number of nitriles is 1. The van der Waals surface area contributed by atoms with Gasteiger partial charge in [-0.1, -0.05) is 28.1 Å². The first-order chi connectivity index (χ1) is 7.10. The SMILES string of the molecule is CC(=O)C(Br)c1cc(CCl)ccc1C#N. The van der Waals surface area contributed by atoms with Gasteiger partial charge in [-0.25, -0.2) is 0 Å². The zero-order valence-electron chi connectivity index (χ0n) is 8.13. The van der Waals surface area contributed by atoms with E-state index >= 15 is 0 Å². The van der Waals surface area contributed by atoms with Gasteiger partial charge in [0, 0.05) is 5.88 Å². The number of benzene rings is 1. The van der Waals surface area contributed by atoms with E-state index in [1.807, 2.05) is 0 Å². The summed E-state index contributed by atoms with van der Waals surface area (Å²) in [5.74, 6) is 0.342. The van der Waals surface area contributed by atoms with Crippen molar-refractivity contribution in [3.05, 3.63) is 34.9 Å². The van der Waals surface area contributed by atoms with Gasteiger partial charge in [-0.2, -0.15) is 5.26 Å². The molecule has 0 heterocycles. The maximum Gasteiger partial charge on any atom is 0.147 e. The predicted molar refractivity (Wildman–Crippen MR) is 63.1 cm³/mol. The summed E-state index contributed by atoms with van der Waals surface area (Å²) in [4.78, 5) is 10.8. The molecule has 0 aliphatic carbocycles. The third-order valence-corrected chi connectivity index (χ3v) is 3.47. The summed E-state index contributed by atoms with van der Waals surface area (Å²) in [5, 5.41) is 8.90. The molecule has 0 saturated carbocycles. The topological polar surface area (TPSA) is 40.9 Å². The number of carbonyl (C=O) groups excluding carboxylic acids is 1. The van der Waals surface area contributed by atoms with E-state index in [9.17, 15) is 4.79 Å². The molecule has 4 heteroatoms. The molecule has 0 radical (unpaired) electrons. The maximum absolute atomic E-state index is 11.2. The number of hydrogen-bond donors (Lipinski definition) is 0. The zero-order valence-corrected chi connectivity index (χ0v) is 10.5. The zero-order chi connectivity index (χ0) is 11.4. The van der Waals surface area contributed by atoms with Crippen molar-refractivity contribution in [3.63, 3.8) is 0 Å². The first kappa shape index (κ1) is 12.2. The van der Waals surface area contributed by atoms with Crippen LogP contribution in [0.5, 0.6) is 0 Å². The van der Waals surface area contributed by atoms with E-state index in [-0.39, 0.29) is 5.78 Å². The molecule has 0 saturated heterocycles. The largest absolute Gasteiger partial charge is 0.298 e. The summed E-state index contributed by atoms with van der Waals surface area (Å²) in [6, 6.07) is 7.31. The van der Waals surface area contributed by atoms with Crippen molar-refractivity contribution < 1.29 is 4.79 Å². The van der Waals surface area contributed by atoms with Crippen molar-refractivity contribution in [1.82, 2.24) is 0 Å². The van der Waals surface area contributed by atoms with Crippen molar-refractivity contribution in [1.29, 1.82) is 5.26 Å². The van der Waals surface area contributed by atoms with Crippen molar-refractivity contribution in [2.75, 3.05) is 0 Å². The lowest BCUT2D eigenvalue weighted by Gasteiger charge is -2.09. The molecule has 1 rings (SSSR count). The summed E-state index contributed by atoms with van der Waals surface area (Å²) in [7, 11) is 0. The number of Topliss-reactive ketones (excluding diaryl/α,β-unsaturated/α-hetero) is 1. The van der Waals surface area contributed by atoms with Crippen molar-refractivity contribution in [2.24, 2.45) is 0 Å². The number of carbonyl (C=O) groups is 1. The van der Waals surface area contributed by atoms with Crippen LogP contribution >= 0.6 is 27.5 Å². The average Bonchev–Trinajstić information content (AvgIpc) is 2.27. The normalized spacial score (nSPS) is 11.9. The van der Waals surface area contributed by atoms with Gasteiger partial charge in [0.1, 0.15) is 5.78 Å². The lowest BCUT2D eigenvalue weighted by molar-refractivity contribution is -0.116. The molecule has 15 heavy (non-hydrogen) atoms.